The average Bonchev–Trinajstić information content (AvgIpc) is 2.58. The molecule has 1 N–H and O–H groups in total. The average molecular weight is 361 g/mol. The summed E-state index contributed by atoms with van der Waals surface area (Å²) in [6.07, 6.45) is 2.70. The minimum atomic E-state index is -2.60. The van der Waals surface area contributed by atoms with Gasteiger partial charge in [-0.25, -0.2) is 13.2 Å². The van der Waals surface area contributed by atoms with Crippen LogP contribution in [0.2, 0.25) is 0 Å². The molecule has 2 nitrogen and oxygen atoms in total. The summed E-state index contributed by atoms with van der Waals surface area (Å²) in [5, 5.41) is 2.72. The fourth-order valence-corrected chi connectivity index (χ4v) is 3.53. The van der Waals surface area contributed by atoms with Crippen molar-refractivity contribution in [1.82, 2.24) is 5.32 Å². The van der Waals surface area contributed by atoms with Crippen LogP contribution >= 0.6 is 0 Å². The first-order chi connectivity index (χ1) is 12.3. The number of carbonyl (C=O) groups excluding carboxylic acids is 1. The van der Waals surface area contributed by atoms with Crippen molar-refractivity contribution in [3.8, 4) is 11.8 Å². The number of alkyl halides is 3. The fourth-order valence-electron chi connectivity index (χ4n) is 3.53. The molecule has 1 aromatic carbocycles. The van der Waals surface area contributed by atoms with Crippen molar-refractivity contribution in [2.24, 2.45) is 5.41 Å². The zero-order valence-electron chi connectivity index (χ0n) is 14.7. The van der Waals surface area contributed by atoms with Crippen molar-refractivity contribution >= 4 is 5.91 Å². The molecule has 5 heteroatoms. The van der Waals surface area contributed by atoms with Gasteiger partial charge in [-0.2, -0.15) is 0 Å². The predicted octanol–water partition coefficient (Wildman–Crippen LogP) is 4.65. The highest BCUT2D eigenvalue weighted by Gasteiger charge is 2.53. The molecule has 26 heavy (non-hydrogen) atoms. The van der Waals surface area contributed by atoms with E-state index in [1.165, 1.54) is 0 Å². The lowest BCUT2D eigenvalue weighted by molar-refractivity contribution is -0.151. The standard InChI is InChI=1S/C21H22F3NO/c1-20(12-21(23,24)13-20)14-25-19(26)17-10-7-15(8-11-17)6-9-16-4-2-3-5-18(16)22/h4,7-8,10-11,18H,2-3,5,12-14H2,1H3,(H,25,26). The molecule has 1 atom stereocenters. The Labute approximate surface area is 151 Å². The van der Waals surface area contributed by atoms with E-state index in [0.29, 0.717) is 23.1 Å². The van der Waals surface area contributed by atoms with Crippen LogP contribution in [0.4, 0.5) is 13.2 Å². The van der Waals surface area contributed by atoms with E-state index in [4.69, 9.17) is 0 Å². The second-order valence-corrected chi connectivity index (χ2v) is 7.59. The third-order valence-corrected chi connectivity index (χ3v) is 4.91. The normalized spacial score (nSPS) is 23.1. The number of rotatable bonds is 3. The lowest BCUT2D eigenvalue weighted by Gasteiger charge is -2.44. The third-order valence-electron chi connectivity index (χ3n) is 4.91. The van der Waals surface area contributed by atoms with Crippen LogP contribution in [0.25, 0.3) is 0 Å². The van der Waals surface area contributed by atoms with E-state index in [1.807, 2.05) is 6.08 Å². The number of nitrogens with one attached hydrogen (secondary N) is 1. The molecule has 1 saturated carbocycles. The van der Waals surface area contributed by atoms with Gasteiger partial charge in [0.2, 0.25) is 5.92 Å². The SMILES string of the molecule is CC1(CNC(=O)c2ccc(C#CC3=CCCCC3F)cc2)CC(F)(F)C1. The highest BCUT2D eigenvalue weighted by Crippen LogP contribution is 2.51. The second kappa shape index (κ2) is 7.19. The Hall–Kier alpha value is -2.22. The molecule has 0 aliphatic heterocycles. The zero-order chi connectivity index (χ0) is 18.8. The van der Waals surface area contributed by atoms with Crippen molar-refractivity contribution in [3.05, 3.63) is 47.0 Å². The number of hydrogen-bond donors (Lipinski definition) is 1. The van der Waals surface area contributed by atoms with Crippen molar-refractivity contribution in [2.75, 3.05) is 6.54 Å². The third kappa shape index (κ3) is 4.49. The molecule has 1 unspecified atom stereocenters. The predicted molar refractivity (Wildman–Crippen MR) is 94.8 cm³/mol. The topological polar surface area (TPSA) is 29.1 Å². The summed E-state index contributed by atoms with van der Waals surface area (Å²) in [6, 6.07) is 6.69. The van der Waals surface area contributed by atoms with Gasteiger partial charge in [-0.1, -0.05) is 24.8 Å². The van der Waals surface area contributed by atoms with Crippen LogP contribution in [-0.4, -0.2) is 24.5 Å². The van der Waals surface area contributed by atoms with Gasteiger partial charge in [0, 0.05) is 36.1 Å². The van der Waals surface area contributed by atoms with Gasteiger partial charge in [-0.15, -0.1) is 0 Å². The monoisotopic (exact) mass is 361 g/mol. The Balaban J connectivity index is 1.56. The van der Waals surface area contributed by atoms with Gasteiger partial charge in [0.25, 0.3) is 5.91 Å². The maximum atomic E-state index is 13.7. The van der Waals surface area contributed by atoms with E-state index in [1.54, 1.807) is 31.2 Å². The second-order valence-electron chi connectivity index (χ2n) is 7.59. The largest absolute Gasteiger partial charge is 0.351 e. The lowest BCUT2D eigenvalue weighted by atomic mass is 9.67. The highest BCUT2D eigenvalue weighted by atomic mass is 19.3. The molecule has 0 radical (unpaired) electrons. The fraction of sp³-hybridized carbons (Fsp3) is 0.476. The van der Waals surface area contributed by atoms with Crippen LogP contribution in [-0.2, 0) is 0 Å². The Morgan fingerprint density at radius 2 is 1.92 bits per heavy atom. The molecule has 0 bridgehead atoms. The van der Waals surface area contributed by atoms with E-state index < -0.39 is 17.5 Å². The van der Waals surface area contributed by atoms with E-state index in [-0.39, 0.29) is 25.3 Å². The van der Waals surface area contributed by atoms with Crippen LogP contribution in [0.15, 0.2) is 35.9 Å². The number of hydrogen-bond acceptors (Lipinski definition) is 1. The Morgan fingerprint density at radius 1 is 1.23 bits per heavy atom. The number of amides is 1. The van der Waals surface area contributed by atoms with Crippen LogP contribution in [0.5, 0.6) is 0 Å². The maximum absolute atomic E-state index is 13.7. The molecule has 0 spiro atoms. The molecule has 2 aliphatic rings. The van der Waals surface area contributed by atoms with Gasteiger partial charge in [0.15, 0.2) is 0 Å². The van der Waals surface area contributed by atoms with Gasteiger partial charge in [0.05, 0.1) is 0 Å². The van der Waals surface area contributed by atoms with Crippen molar-refractivity contribution in [2.45, 2.75) is 51.1 Å². The number of benzene rings is 1. The summed E-state index contributed by atoms with van der Waals surface area (Å²) in [4.78, 5) is 12.2. The molecule has 1 fully saturated rings. The van der Waals surface area contributed by atoms with E-state index in [2.05, 4.69) is 17.2 Å². The van der Waals surface area contributed by atoms with Crippen LogP contribution in [0.3, 0.4) is 0 Å². The number of halogens is 3. The molecular weight excluding hydrogens is 339 g/mol. The van der Waals surface area contributed by atoms with Crippen molar-refractivity contribution < 1.29 is 18.0 Å². The number of allylic oxidation sites excluding steroid dienone is 2. The number of carbonyl (C=O) groups is 1. The zero-order valence-corrected chi connectivity index (χ0v) is 14.7. The minimum absolute atomic E-state index is 0.194. The molecule has 0 saturated heterocycles. The van der Waals surface area contributed by atoms with E-state index in [0.717, 1.165) is 12.8 Å². The summed E-state index contributed by atoms with van der Waals surface area (Å²) < 4.78 is 39.7. The van der Waals surface area contributed by atoms with Gasteiger partial charge in [-0.05, 0) is 48.9 Å². The molecule has 1 amide bonds. The van der Waals surface area contributed by atoms with Gasteiger partial charge in [-0.3, -0.25) is 4.79 Å². The Bertz CT molecular complexity index is 763. The molecule has 138 valence electrons. The Morgan fingerprint density at radius 3 is 2.54 bits per heavy atom. The molecule has 3 rings (SSSR count). The first-order valence-electron chi connectivity index (χ1n) is 8.89. The molecule has 2 aliphatic carbocycles. The van der Waals surface area contributed by atoms with Crippen molar-refractivity contribution in [1.29, 1.82) is 0 Å². The van der Waals surface area contributed by atoms with E-state index in [9.17, 15) is 18.0 Å². The summed E-state index contributed by atoms with van der Waals surface area (Å²) >= 11 is 0. The smallest absolute Gasteiger partial charge is 0.251 e. The van der Waals surface area contributed by atoms with Gasteiger partial charge in [0.1, 0.15) is 6.17 Å². The van der Waals surface area contributed by atoms with E-state index >= 15 is 0 Å². The summed E-state index contributed by atoms with van der Waals surface area (Å²) in [5.74, 6) is 2.89. The lowest BCUT2D eigenvalue weighted by Crippen LogP contribution is -2.50. The summed E-state index contributed by atoms with van der Waals surface area (Å²) in [5.41, 5.74) is 1.14. The quantitative estimate of drug-likeness (QED) is 0.780. The summed E-state index contributed by atoms with van der Waals surface area (Å²) in [6.45, 7) is 1.98. The minimum Gasteiger partial charge on any atom is -0.351 e. The first-order valence-corrected chi connectivity index (χ1v) is 8.89. The Kier molecular flexibility index (Phi) is 5.13. The van der Waals surface area contributed by atoms with Gasteiger partial charge < -0.3 is 5.32 Å². The molecule has 0 heterocycles. The van der Waals surface area contributed by atoms with Crippen LogP contribution < -0.4 is 5.32 Å². The van der Waals surface area contributed by atoms with Crippen LogP contribution in [0.1, 0.15) is 54.9 Å². The molecule has 0 aromatic heterocycles. The van der Waals surface area contributed by atoms with Crippen LogP contribution in [0, 0.1) is 17.3 Å². The van der Waals surface area contributed by atoms with Crippen molar-refractivity contribution in [3.63, 3.8) is 0 Å². The maximum Gasteiger partial charge on any atom is 0.251 e. The molecule has 1 aromatic rings. The molecular formula is C21H22F3NO. The highest BCUT2D eigenvalue weighted by molar-refractivity contribution is 5.94. The summed E-state index contributed by atoms with van der Waals surface area (Å²) in [7, 11) is 0. The van der Waals surface area contributed by atoms with Gasteiger partial charge >= 0.3 is 0 Å². The first kappa shape index (κ1) is 18.6.